The number of fused-ring (bicyclic) bond motifs is 1. The summed E-state index contributed by atoms with van der Waals surface area (Å²) in [5.41, 5.74) is 2.07. The van der Waals surface area contributed by atoms with Crippen LogP contribution in [-0.2, 0) is 11.3 Å². The van der Waals surface area contributed by atoms with Gasteiger partial charge in [-0.05, 0) is 42.8 Å². The molecule has 3 aromatic rings. The van der Waals surface area contributed by atoms with Crippen LogP contribution in [0.2, 0.25) is 0 Å². The van der Waals surface area contributed by atoms with Crippen LogP contribution in [0, 0.1) is 0 Å². The smallest absolute Gasteiger partial charge is 0.246 e. The summed E-state index contributed by atoms with van der Waals surface area (Å²) in [6.07, 6.45) is 3.53. The van der Waals surface area contributed by atoms with Crippen LogP contribution < -0.4 is 4.74 Å². The molecule has 1 saturated heterocycles. The minimum Gasteiger partial charge on any atom is -0.494 e. The van der Waals surface area contributed by atoms with Gasteiger partial charge in [0.1, 0.15) is 10.8 Å². The zero-order valence-electron chi connectivity index (χ0n) is 16.6. The number of nitrogens with zero attached hydrogens (tertiary/aromatic N) is 3. The number of carbonyl (C=O) groups excluding carboxylic acids is 1. The number of piperazine rings is 1. The van der Waals surface area contributed by atoms with E-state index < -0.39 is 0 Å². The molecule has 1 fully saturated rings. The highest BCUT2D eigenvalue weighted by molar-refractivity contribution is 7.18. The van der Waals surface area contributed by atoms with Crippen molar-refractivity contribution in [1.82, 2.24) is 14.8 Å². The number of hydrogen-bond donors (Lipinski definition) is 0. The van der Waals surface area contributed by atoms with E-state index >= 15 is 0 Å². The van der Waals surface area contributed by atoms with Gasteiger partial charge in [-0.15, -0.1) is 11.3 Å². The van der Waals surface area contributed by atoms with Crippen LogP contribution in [-0.4, -0.2) is 53.5 Å². The van der Waals surface area contributed by atoms with Crippen LogP contribution in [0.5, 0.6) is 5.75 Å². The summed E-state index contributed by atoms with van der Waals surface area (Å²) in [5, 5.41) is 1.14. The number of benzene rings is 2. The van der Waals surface area contributed by atoms with E-state index in [1.54, 1.807) is 17.4 Å². The first-order valence-electron chi connectivity index (χ1n) is 9.98. The topological polar surface area (TPSA) is 45.7 Å². The Kier molecular flexibility index (Phi) is 6.22. The van der Waals surface area contributed by atoms with Gasteiger partial charge < -0.3 is 9.64 Å². The van der Waals surface area contributed by atoms with Crippen molar-refractivity contribution in [3.8, 4) is 5.75 Å². The molecule has 150 valence electrons. The largest absolute Gasteiger partial charge is 0.494 e. The van der Waals surface area contributed by atoms with Gasteiger partial charge in [-0.1, -0.05) is 24.3 Å². The van der Waals surface area contributed by atoms with Gasteiger partial charge in [0.05, 0.1) is 23.4 Å². The molecule has 5 nitrogen and oxygen atoms in total. The molecule has 0 saturated carbocycles. The van der Waals surface area contributed by atoms with E-state index in [4.69, 9.17) is 9.72 Å². The van der Waals surface area contributed by atoms with E-state index in [9.17, 15) is 4.79 Å². The number of thiazole rings is 1. The standard InChI is InChI=1S/C23H25N3O2S/c1-2-28-19-10-7-18(8-11-19)9-12-23(27)26-15-13-25(14-16-26)17-22-24-20-5-3-4-6-21(20)29-22/h3-12H,2,13-17H2,1H3. The quantitative estimate of drug-likeness (QED) is 0.578. The van der Waals surface area contributed by atoms with Crippen LogP contribution in [0.4, 0.5) is 0 Å². The van der Waals surface area contributed by atoms with Crippen molar-refractivity contribution in [1.29, 1.82) is 0 Å². The molecule has 0 unspecified atom stereocenters. The van der Waals surface area contributed by atoms with E-state index in [-0.39, 0.29) is 5.91 Å². The molecule has 0 N–H and O–H groups in total. The molecule has 4 rings (SSSR count). The molecule has 29 heavy (non-hydrogen) atoms. The van der Waals surface area contributed by atoms with E-state index in [1.807, 2.05) is 48.2 Å². The fourth-order valence-corrected chi connectivity index (χ4v) is 4.43. The predicted molar refractivity (Wildman–Crippen MR) is 118 cm³/mol. The third kappa shape index (κ3) is 5.02. The Morgan fingerprint density at radius 2 is 1.86 bits per heavy atom. The van der Waals surface area contributed by atoms with E-state index in [2.05, 4.69) is 23.1 Å². The maximum Gasteiger partial charge on any atom is 0.246 e. The highest BCUT2D eigenvalue weighted by Gasteiger charge is 2.20. The second kappa shape index (κ2) is 9.20. The molecule has 1 aliphatic rings. The number of aromatic nitrogens is 1. The molecule has 0 spiro atoms. The third-order valence-electron chi connectivity index (χ3n) is 4.99. The SMILES string of the molecule is CCOc1ccc(C=CC(=O)N2CCN(Cc3nc4ccccc4s3)CC2)cc1. The molecule has 1 aliphatic heterocycles. The van der Waals surface area contributed by atoms with Crippen LogP contribution in [0.25, 0.3) is 16.3 Å². The maximum atomic E-state index is 12.5. The lowest BCUT2D eigenvalue weighted by atomic mass is 10.2. The first kappa shape index (κ1) is 19.6. The number of hydrogen-bond acceptors (Lipinski definition) is 5. The Morgan fingerprint density at radius 3 is 2.59 bits per heavy atom. The van der Waals surface area contributed by atoms with Gasteiger partial charge >= 0.3 is 0 Å². The first-order chi connectivity index (χ1) is 14.2. The molecule has 6 heteroatoms. The van der Waals surface area contributed by atoms with E-state index in [0.29, 0.717) is 6.61 Å². The van der Waals surface area contributed by atoms with Gasteiger partial charge in [0, 0.05) is 32.3 Å². The monoisotopic (exact) mass is 407 g/mol. The zero-order valence-corrected chi connectivity index (χ0v) is 17.4. The number of ether oxygens (including phenoxy) is 1. The van der Waals surface area contributed by atoms with Gasteiger partial charge in [-0.3, -0.25) is 9.69 Å². The van der Waals surface area contributed by atoms with Gasteiger partial charge in [-0.25, -0.2) is 4.98 Å². The van der Waals surface area contributed by atoms with Crippen molar-refractivity contribution < 1.29 is 9.53 Å². The van der Waals surface area contributed by atoms with Gasteiger partial charge in [0.2, 0.25) is 5.91 Å². The van der Waals surface area contributed by atoms with Crippen molar-refractivity contribution in [2.45, 2.75) is 13.5 Å². The number of carbonyl (C=O) groups is 1. The summed E-state index contributed by atoms with van der Waals surface area (Å²) in [4.78, 5) is 21.5. The van der Waals surface area contributed by atoms with Crippen molar-refractivity contribution in [3.63, 3.8) is 0 Å². The molecular weight excluding hydrogens is 382 g/mol. The molecule has 1 amide bonds. The van der Waals surface area contributed by atoms with E-state index in [1.165, 1.54) is 4.70 Å². The van der Waals surface area contributed by atoms with Crippen LogP contribution in [0.3, 0.4) is 0 Å². The predicted octanol–water partition coefficient (Wildman–Crippen LogP) is 4.05. The van der Waals surface area contributed by atoms with E-state index in [0.717, 1.165) is 54.6 Å². The summed E-state index contributed by atoms with van der Waals surface area (Å²) < 4.78 is 6.68. The number of rotatable bonds is 6. The van der Waals surface area contributed by atoms with Gasteiger partial charge in [0.15, 0.2) is 0 Å². The summed E-state index contributed by atoms with van der Waals surface area (Å²) in [5.74, 6) is 0.916. The number of amides is 1. The molecular formula is C23H25N3O2S. The Morgan fingerprint density at radius 1 is 1.10 bits per heavy atom. The Bertz CT molecular complexity index is 956. The highest BCUT2D eigenvalue weighted by Crippen LogP contribution is 2.23. The maximum absolute atomic E-state index is 12.5. The minimum atomic E-state index is 0.0681. The van der Waals surface area contributed by atoms with Crippen molar-refractivity contribution >= 4 is 33.5 Å². The summed E-state index contributed by atoms with van der Waals surface area (Å²) >= 11 is 1.75. The molecule has 1 aromatic heterocycles. The molecule has 2 heterocycles. The van der Waals surface area contributed by atoms with Crippen LogP contribution in [0.1, 0.15) is 17.5 Å². The van der Waals surface area contributed by atoms with Gasteiger partial charge in [0.25, 0.3) is 0 Å². The van der Waals surface area contributed by atoms with Crippen LogP contribution in [0.15, 0.2) is 54.6 Å². The highest BCUT2D eigenvalue weighted by atomic mass is 32.1. The van der Waals surface area contributed by atoms with Crippen molar-refractivity contribution in [2.75, 3.05) is 32.8 Å². The molecule has 0 aliphatic carbocycles. The Balaban J connectivity index is 1.27. The third-order valence-corrected chi connectivity index (χ3v) is 6.01. The molecule has 0 radical (unpaired) electrons. The summed E-state index contributed by atoms with van der Waals surface area (Å²) in [6, 6.07) is 16.0. The lowest BCUT2D eigenvalue weighted by molar-refractivity contribution is -0.127. The number of para-hydroxylation sites is 1. The summed E-state index contributed by atoms with van der Waals surface area (Å²) in [6.45, 7) is 6.71. The normalized spacial score (nSPS) is 15.3. The minimum absolute atomic E-state index is 0.0681. The Labute approximate surface area is 175 Å². The summed E-state index contributed by atoms with van der Waals surface area (Å²) in [7, 11) is 0. The average Bonchev–Trinajstić information content (AvgIpc) is 3.16. The zero-order chi connectivity index (χ0) is 20.1. The Hall–Kier alpha value is -2.70. The van der Waals surface area contributed by atoms with Crippen molar-refractivity contribution in [2.24, 2.45) is 0 Å². The first-order valence-corrected chi connectivity index (χ1v) is 10.8. The second-order valence-corrected chi connectivity index (χ2v) is 8.13. The lowest BCUT2D eigenvalue weighted by Crippen LogP contribution is -2.47. The van der Waals surface area contributed by atoms with Gasteiger partial charge in [-0.2, -0.15) is 0 Å². The fraction of sp³-hybridized carbons (Fsp3) is 0.304. The average molecular weight is 408 g/mol. The molecule has 0 atom stereocenters. The van der Waals surface area contributed by atoms with Crippen LogP contribution >= 0.6 is 11.3 Å². The van der Waals surface area contributed by atoms with Crippen molar-refractivity contribution in [3.05, 3.63) is 65.2 Å². The molecule has 2 aromatic carbocycles. The fourth-order valence-electron chi connectivity index (χ4n) is 3.42. The second-order valence-electron chi connectivity index (χ2n) is 7.01. The lowest BCUT2D eigenvalue weighted by Gasteiger charge is -2.33. The molecule has 0 bridgehead atoms.